The number of ether oxygens (including phenoxy) is 1. The average molecular weight is 212 g/mol. The fourth-order valence-corrected chi connectivity index (χ4v) is 1.65. The highest BCUT2D eigenvalue weighted by Gasteiger charge is 2.04. The third-order valence-electron chi connectivity index (χ3n) is 2.67. The first-order chi connectivity index (χ1) is 7.72. The van der Waals surface area contributed by atoms with Crippen molar-refractivity contribution in [3.05, 3.63) is 54.7 Å². The molecule has 1 radical (unpaired) electrons. The van der Waals surface area contributed by atoms with E-state index in [0.717, 1.165) is 22.4 Å². The monoisotopic (exact) mass is 212 g/mol. The third-order valence-corrected chi connectivity index (χ3v) is 2.67. The fraction of sp³-hybridized carbons (Fsp3) is 0.143. The molecule has 2 aromatic rings. The molecule has 16 heavy (non-hydrogen) atoms. The Kier molecular flexibility index (Phi) is 2.91. The van der Waals surface area contributed by atoms with Crippen molar-refractivity contribution in [3.8, 4) is 16.9 Å². The maximum atomic E-state index is 5.16. The number of hydrogen-bond donors (Lipinski definition) is 0. The molecule has 0 bridgehead atoms. The maximum absolute atomic E-state index is 5.16. The summed E-state index contributed by atoms with van der Waals surface area (Å²) >= 11 is 0. The number of rotatable bonds is 2. The zero-order valence-electron chi connectivity index (χ0n) is 9.53. The van der Waals surface area contributed by atoms with Crippen molar-refractivity contribution in [3.63, 3.8) is 0 Å². The van der Waals surface area contributed by atoms with Gasteiger partial charge in [-0.25, -0.2) is 0 Å². The summed E-state index contributed by atoms with van der Waals surface area (Å²) < 4.78 is 5.16. The summed E-state index contributed by atoms with van der Waals surface area (Å²) in [6.45, 7) is 6.14. The van der Waals surface area contributed by atoms with Crippen LogP contribution in [0.4, 0.5) is 0 Å². The summed E-state index contributed by atoms with van der Waals surface area (Å²) in [5.41, 5.74) is 4.36. The largest absolute Gasteiger partial charge is 0.495 e. The normalized spacial score (nSPS) is 10.2. The number of methoxy groups -OCH3 is 1. The van der Waals surface area contributed by atoms with E-state index in [-0.39, 0.29) is 0 Å². The van der Waals surface area contributed by atoms with Crippen LogP contribution in [-0.4, -0.2) is 12.1 Å². The number of aromatic nitrogens is 1. The van der Waals surface area contributed by atoms with Gasteiger partial charge in [0.25, 0.3) is 0 Å². The Labute approximate surface area is 95.9 Å². The Hall–Kier alpha value is -1.83. The van der Waals surface area contributed by atoms with Crippen molar-refractivity contribution in [2.24, 2.45) is 0 Å². The molecule has 1 aromatic heterocycles. The van der Waals surface area contributed by atoms with E-state index in [2.05, 4.69) is 24.9 Å². The van der Waals surface area contributed by atoms with Crippen molar-refractivity contribution in [1.82, 2.24) is 4.98 Å². The van der Waals surface area contributed by atoms with Gasteiger partial charge < -0.3 is 4.74 Å². The molecular formula is C14H14NO. The van der Waals surface area contributed by atoms with Gasteiger partial charge in [-0.1, -0.05) is 18.2 Å². The standard InChI is InChI=1S/C14H14NO/c1-10-5-4-6-14(11(10)2)12-7-13(16-3)9-15-8-12/h4-9H,2H2,1,3H3. The highest BCUT2D eigenvalue weighted by atomic mass is 16.5. The second-order valence-electron chi connectivity index (χ2n) is 3.71. The summed E-state index contributed by atoms with van der Waals surface area (Å²) in [4.78, 5) is 4.15. The third kappa shape index (κ3) is 1.91. The van der Waals surface area contributed by atoms with Crippen LogP contribution in [0.2, 0.25) is 0 Å². The number of benzene rings is 1. The van der Waals surface area contributed by atoms with E-state index in [1.807, 2.05) is 24.4 Å². The molecule has 1 aromatic carbocycles. The van der Waals surface area contributed by atoms with Gasteiger partial charge in [0.15, 0.2) is 0 Å². The van der Waals surface area contributed by atoms with E-state index in [0.29, 0.717) is 0 Å². The second-order valence-corrected chi connectivity index (χ2v) is 3.71. The SMILES string of the molecule is [CH2]c1c(C)cccc1-c1cncc(OC)c1. The number of hydrogen-bond acceptors (Lipinski definition) is 2. The molecule has 0 unspecified atom stereocenters. The van der Waals surface area contributed by atoms with Crippen LogP contribution < -0.4 is 4.74 Å². The molecule has 0 aliphatic carbocycles. The van der Waals surface area contributed by atoms with Gasteiger partial charge in [0.05, 0.1) is 13.3 Å². The van der Waals surface area contributed by atoms with E-state index < -0.39 is 0 Å². The van der Waals surface area contributed by atoms with Crippen LogP contribution in [0.3, 0.4) is 0 Å². The van der Waals surface area contributed by atoms with Gasteiger partial charge in [-0.05, 0) is 36.6 Å². The lowest BCUT2D eigenvalue weighted by Gasteiger charge is -2.09. The topological polar surface area (TPSA) is 22.1 Å². The van der Waals surface area contributed by atoms with Crippen molar-refractivity contribution in [2.45, 2.75) is 6.92 Å². The van der Waals surface area contributed by atoms with Gasteiger partial charge in [-0.2, -0.15) is 0 Å². The Balaban J connectivity index is 2.54. The molecule has 0 saturated heterocycles. The van der Waals surface area contributed by atoms with Crippen LogP contribution in [0, 0.1) is 13.8 Å². The van der Waals surface area contributed by atoms with E-state index in [1.54, 1.807) is 13.3 Å². The Morgan fingerprint density at radius 3 is 2.81 bits per heavy atom. The Morgan fingerprint density at radius 1 is 1.25 bits per heavy atom. The van der Waals surface area contributed by atoms with E-state index in [1.165, 1.54) is 5.56 Å². The second kappa shape index (κ2) is 4.35. The molecule has 2 heteroatoms. The Morgan fingerprint density at radius 2 is 2.06 bits per heavy atom. The minimum atomic E-state index is 0.762. The van der Waals surface area contributed by atoms with Gasteiger partial charge in [-0.15, -0.1) is 0 Å². The van der Waals surface area contributed by atoms with E-state index in [9.17, 15) is 0 Å². The van der Waals surface area contributed by atoms with E-state index >= 15 is 0 Å². The quantitative estimate of drug-likeness (QED) is 0.762. The molecule has 0 spiro atoms. The summed E-state index contributed by atoms with van der Waals surface area (Å²) in [5, 5.41) is 0. The molecule has 0 aliphatic rings. The summed E-state index contributed by atoms with van der Waals surface area (Å²) in [6, 6.07) is 8.10. The lowest BCUT2D eigenvalue weighted by molar-refractivity contribution is 0.413. The molecular weight excluding hydrogens is 198 g/mol. The number of nitrogens with zero attached hydrogens (tertiary/aromatic N) is 1. The van der Waals surface area contributed by atoms with Crippen molar-refractivity contribution >= 4 is 0 Å². The zero-order valence-corrected chi connectivity index (χ0v) is 9.53. The lowest BCUT2D eigenvalue weighted by atomic mass is 9.98. The van der Waals surface area contributed by atoms with Gasteiger partial charge in [-0.3, -0.25) is 4.98 Å². The molecule has 2 nitrogen and oxygen atoms in total. The average Bonchev–Trinajstić information content (AvgIpc) is 2.33. The molecule has 0 saturated carbocycles. The first-order valence-electron chi connectivity index (χ1n) is 5.13. The molecule has 0 aliphatic heterocycles. The van der Waals surface area contributed by atoms with Gasteiger partial charge >= 0.3 is 0 Å². The van der Waals surface area contributed by atoms with Crippen LogP contribution in [-0.2, 0) is 0 Å². The van der Waals surface area contributed by atoms with Crippen LogP contribution >= 0.6 is 0 Å². The maximum Gasteiger partial charge on any atom is 0.137 e. The molecule has 0 fully saturated rings. The van der Waals surface area contributed by atoms with Crippen molar-refractivity contribution in [2.75, 3.05) is 7.11 Å². The van der Waals surface area contributed by atoms with Crippen molar-refractivity contribution < 1.29 is 4.74 Å². The fourth-order valence-electron chi connectivity index (χ4n) is 1.65. The van der Waals surface area contributed by atoms with E-state index in [4.69, 9.17) is 4.74 Å². The highest BCUT2D eigenvalue weighted by Crippen LogP contribution is 2.27. The molecule has 0 atom stereocenters. The smallest absolute Gasteiger partial charge is 0.137 e. The first kappa shape index (κ1) is 10.7. The summed E-state index contributed by atoms with van der Waals surface area (Å²) in [5.74, 6) is 0.762. The minimum Gasteiger partial charge on any atom is -0.495 e. The zero-order chi connectivity index (χ0) is 11.5. The Bertz CT molecular complexity index is 506. The minimum absolute atomic E-state index is 0.762. The summed E-state index contributed by atoms with van der Waals surface area (Å²) in [6.07, 6.45) is 3.52. The van der Waals surface area contributed by atoms with Gasteiger partial charge in [0, 0.05) is 11.8 Å². The molecule has 81 valence electrons. The lowest BCUT2D eigenvalue weighted by Crippen LogP contribution is -1.89. The predicted molar refractivity (Wildman–Crippen MR) is 65.4 cm³/mol. The number of aryl methyl sites for hydroxylation is 1. The van der Waals surface area contributed by atoms with Gasteiger partial charge in [0.2, 0.25) is 0 Å². The summed E-state index contributed by atoms with van der Waals surface area (Å²) in [7, 11) is 1.64. The van der Waals surface area contributed by atoms with Gasteiger partial charge in [0.1, 0.15) is 5.75 Å². The van der Waals surface area contributed by atoms with Crippen LogP contribution in [0.1, 0.15) is 11.1 Å². The first-order valence-corrected chi connectivity index (χ1v) is 5.13. The molecule has 2 rings (SSSR count). The molecule has 1 heterocycles. The van der Waals surface area contributed by atoms with Crippen LogP contribution in [0.15, 0.2) is 36.7 Å². The number of pyridine rings is 1. The highest BCUT2D eigenvalue weighted by molar-refractivity contribution is 5.69. The van der Waals surface area contributed by atoms with Crippen LogP contribution in [0.25, 0.3) is 11.1 Å². The molecule has 0 N–H and O–H groups in total. The molecule has 0 amide bonds. The van der Waals surface area contributed by atoms with Crippen LogP contribution in [0.5, 0.6) is 5.75 Å². The van der Waals surface area contributed by atoms with Crippen molar-refractivity contribution in [1.29, 1.82) is 0 Å². The predicted octanol–water partition coefficient (Wildman–Crippen LogP) is 3.25.